The van der Waals surface area contributed by atoms with Crippen LogP contribution in [0.2, 0.25) is 0 Å². The van der Waals surface area contributed by atoms with Gasteiger partial charge in [-0.2, -0.15) is 4.39 Å². The maximum Gasteiger partial charge on any atom is 0.306 e. The van der Waals surface area contributed by atoms with Gasteiger partial charge in [0.05, 0.1) is 17.1 Å². The van der Waals surface area contributed by atoms with E-state index in [0.717, 1.165) is 0 Å². The first kappa shape index (κ1) is 15.7. The van der Waals surface area contributed by atoms with Crippen LogP contribution in [-0.2, 0) is 10.0 Å². The number of aliphatic hydroxyl groups is 1. The highest BCUT2D eigenvalue weighted by Gasteiger charge is 2.41. The van der Waals surface area contributed by atoms with Gasteiger partial charge in [-0.3, -0.25) is 10.1 Å². The van der Waals surface area contributed by atoms with Crippen LogP contribution in [0.3, 0.4) is 0 Å². The molecule has 0 heterocycles. The summed E-state index contributed by atoms with van der Waals surface area (Å²) in [4.78, 5) is 8.45. The summed E-state index contributed by atoms with van der Waals surface area (Å²) in [6.45, 7) is -0.475. The first-order valence-electron chi connectivity index (χ1n) is 5.99. The third-order valence-corrected chi connectivity index (χ3v) is 5.05. The lowest BCUT2D eigenvalue weighted by molar-refractivity contribution is -0.387. The maximum atomic E-state index is 13.6. The molecule has 0 radical (unpaired) electrons. The van der Waals surface area contributed by atoms with Crippen LogP contribution in [0, 0.1) is 21.7 Å². The predicted molar refractivity (Wildman–Crippen MR) is 67.0 cm³/mol. The van der Waals surface area contributed by atoms with E-state index in [1.54, 1.807) is 0 Å². The first-order valence-corrected chi connectivity index (χ1v) is 7.47. The van der Waals surface area contributed by atoms with E-state index >= 15 is 0 Å². The lowest BCUT2D eigenvalue weighted by Crippen LogP contribution is -2.56. The molecular weight excluding hydrogens is 310 g/mol. The molecule has 7 nitrogen and oxygen atoms in total. The van der Waals surface area contributed by atoms with Crippen LogP contribution in [0.5, 0.6) is 0 Å². The van der Waals surface area contributed by atoms with Gasteiger partial charge in [0.2, 0.25) is 15.8 Å². The van der Waals surface area contributed by atoms with E-state index in [-0.39, 0.29) is 6.07 Å². The van der Waals surface area contributed by atoms with Gasteiger partial charge in [0.1, 0.15) is 10.7 Å². The molecule has 1 saturated carbocycles. The number of aliphatic hydroxyl groups excluding tert-OH is 1. The van der Waals surface area contributed by atoms with Gasteiger partial charge in [-0.25, -0.2) is 17.5 Å². The highest BCUT2D eigenvalue weighted by molar-refractivity contribution is 7.89. The first-order chi connectivity index (χ1) is 9.71. The van der Waals surface area contributed by atoms with Crippen molar-refractivity contribution in [3.63, 3.8) is 0 Å². The fourth-order valence-electron chi connectivity index (χ4n) is 2.10. The second kappa shape index (κ2) is 5.28. The summed E-state index contributed by atoms with van der Waals surface area (Å²) in [6, 6.07) is 0.482. The Morgan fingerprint density at radius 1 is 1.33 bits per heavy atom. The minimum absolute atomic E-state index is 0.152. The molecule has 10 heteroatoms. The van der Waals surface area contributed by atoms with Crippen LogP contribution < -0.4 is 4.72 Å². The minimum atomic E-state index is -4.45. The highest BCUT2D eigenvalue weighted by atomic mass is 32.2. The molecule has 1 aromatic carbocycles. The van der Waals surface area contributed by atoms with Crippen molar-refractivity contribution in [3.05, 3.63) is 33.9 Å². The van der Waals surface area contributed by atoms with Crippen LogP contribution in [0.25, 0.3) is 0 Å². The molecule has 21 heavy (non-hydrogen) atoms. The van der Waals surface area contributed by atoms with Crippen LogP contribution in [0.4, 0.5) is 14.5 Å². The van der Waals surface area contributed by atoms with Crippen molar-refractivity contribution >= 4 is 15.7 Å². The van der Waals surface area contributed by atoms with E-state index < -0.39 is 49.3 Å². The molecule has 0 spiro atoms. The van der Waals surface area contributed by atoms with E-state index in [1.165, 1.54) is 0 Å². The van der Waals surface area contributed by atoms with Crippen molar-refractivity contribution in [1.82, 2.24) is 4.72 Å². The van der Waals surface area contributed by atoms with E-state index in [4.69, 9.17) is 0 Å². The van der Waals surface area contributed by atoms with E-state index in [9.17, 15) is 32.4 Å². The summed E-state index contributed by atoms with van der Waals surface area (Å²) in [5.41, 5.74) is -2.22. The zero-order valence-corrected chi connectivity index (χ0v) is 11.5. The standard InChI is InChI=1S/C11H12F2N2O5S/c12-7-4-8(13)10(5-9(7)15(17)18)21(19,20)14-11(6-16)2-1-3-11/h4-5,14,16H,1-3,6H2. The maximum absolute atomic E-state index is 13.6. The summed E-state index contributed by atoms with van der Waals surface area (Å²) in [6.07, 6.45) is 1.43. The molecule has 1 aliphatic carbocycles. The summed E-state index contributed by atoms with van der Waals surface area (Å²) < 4.78 is 53.2. The van der Waals surface area contributed by atoms with E-state index in [1.807, 2.05) is 0 Å². The fourth-order valence-corrected chi connectivity index (χ4v) is 3.63. The van der Waals surface area contributed by atoms with Gasteiger partial charge in [0, 0.05) is 12.1 Å². The Balaban J connectivity index is 2.45. The van der Waals surface area contributed by atoms with Crippen molar-refractivity contribution in [3.8, 4) is 0 Å². The Kier molecular flexibility index (Phi) is 3.95. The summed E-state index contributed by atoms with van der Waals surface area (Å²) >= 11 is 0. The molecule has 0 aliphatic heterocycles. The second-order valence-corrected chi connectivity index (χ2v) is 6.54. The topological polar surface area (TPSA) is 110 Å². The number of rotatable bonds is 5. The van der Waals surface area contributed by atoms with Crippen molar-refractivity contribution < 1.29 is 27.2 Å². The third kappa shape index (κ3) is 2.87. The van der Waals surface area contributed by atoms with Crippen molar-refractivity contribution in [2.45, 2.75) is 29.7 Å². The van der Waals surface area contributed by atoms with Crippen LogP contribution in [0.1, 0.15) is 19.3 Å². The number of hydrogen-bond acceptors (Lipinski definition) is 5. The van der Waals surface area contributed by atoms with E-state index in [2.05, 4.69) is 4.72 Å². The molecule has 0 saturated heterocycles. The average Bonchev–Trinajstić information content (AvgIpc) is 2.33. The van der Waals surface area contributed by atoms with Gasteiger partial charge in [-0.15, -0.1) is 0 Å². The number of nitrogens with one attached hydrogen (secondary N) is 1. The van der Waals surface area contributed by atoms with Gasteiger partial charge >= 0.3 is 5.69 Å². The molecule has 116 valence electrons. The van der Waals surface area contributed by atoms with Crippen molar-refractivity contribution in [2.75, 3.05) is 6.61 Å². The van der Waals surface area contributed by atoms with Crippen molar-refractivity contribution in [2.24, 2.45) is 0 Å². The average molecular weight is 322 g/mol. The SMILES string of the molecule is O=[N+]([O-])c1cc(S(=O)(=O)NC2(CO)CCC2)c(F)cc1F. The van der Waals surface area contributed by atoms with Crippen LogP contribution >= 0.6 is 0 Å². The van der Waals surface area contributed by atoms with Gasteiger partial charge in [0.25, 0.3) is 0 Å². The number of nitro groups is 1. The number of nitro benzene ring substituents is 1. The molecule has 1 aromatic rings. The van der Waals surface area contributed by atoms with Gasteiger partial charge in [-0.05, 0) is 19.3 Å². The summed E-state index contributed by atoms with van der Waals surface area (Å²) in [5, 5.41) is 19.8. The van der Waals surface area contributed by atoms with E-state index in [0.29, 0.717) is 25.3 Å². The largest absolute Gasteiger partial charge is 0.394 e. The van der Waals surface area contributed by atoms with Crippen LogP contribution in [0.15, 0.2) is 17.0 Å². The molecule has 1 aliphatic rings. The molecule has 0 atom stereocenters. The summed E-state index contributed by atoms with van der Waals surface area (Å²) in [5.74, 6) is -2.89. The van der Waals surface area contributed by atoms with Gasteiger partial charge in [-0.1, -0.05) is 0 Å². The van der Waals surface area contributed by atoms with Gasteiger partial charge in [0.15, 0.2) is 0 Å². The molecule has 2 N–H and O–H groups in total. The highest BCUT2D eigenvalue weighted by Crippen LogP contribution is 2.34. The fraction of sp³-hybridized carbons (Fsp3) is 0.455. The Morgan fingerprint density at radius 3 is 2.38 bits per heavy atom. The molecular formula is C11H12F2N2O5S. The second-order valence-electron chi connectivity index (χ2n) is 4.89. The van der Waals surface area contributed by atoms with Gasteiger partial charge < -0.3 is 5.11 Å². The van der Waals surface area contributed by atoms with Crippen LogP contribution in [-0.4, -0.2) is 30.6 Å². The van der Waals surface area contributed by atoms with Crippen molar-refractivity contribution in [1.29, 1.82) is 0 Å². The number of halogens is 2. The Hall–Kier alpha value is -1.65. The lowest BCUT2D eigenvalue weighted by Gasteiger charge is -2.40. The molecule has 0 amide bonds. The molecule has 1 fully saturated rings. The lowest BCUT2D eigenvalue weighted by atomic mass is 9.78. The number of benzene rings is 1. The molecule has 0 aromatic heterocycles. The Morgan fingerprint density at radius 2 is 1.95 bits per heavy atom. The number of hydrogen-bond donors (Lipinski definition) is 2. The quantitative estimate of drug-likeness (QED) is 0.622. The minimum Gasteiger partial charge on any atom is -0.394 e. The monoisotopic (exact) mass is 322 g/mol. The zero-order valence-electron chi connectivity index (χ0n) is 10.7. The molecule has 2 rings (SSSR count). The number of sulfonamides is 1. The Labute approximate surface area is 118 Å². The number of nitrogens with zero attached hydrogens (tertiary/aromatic N) is 1. The molecule has 0 bridgehead atoms. The normalized spacial score (nSPS) is 17.3. The Bertz CT molecular complexity index is 683. The smallest absolute Gasteiger partial charge is 0.306 e. The molecule has 0 unspecified atom stereocenters. The predicted octanol–water partition coefficient (Wildman–Crippen LogP) is 1.07. The zero-order chi connectivity index (χ0) is 15.8. The summed E-state index contributed by atoms with van der Waals surface area (Å²) in [7, 11) is -4.45. The third-order valence-electron chi connectivity index (χ3n) is 3.45.